The number of rotatable bonds is 4. The maximum atomic E-state index is 5.52. The minimum Gasteiger partial charge on any atom is -0.401 e. The highest BCUT2D eigenvalue weighted by Crippen LogP contribution is 2.15. The molecule has 0 spiro atoms. The Morgan fingerprint density at radius 1 is 1.91 bits per heavy atom. The predicted molar refractivity (Wildman–Crippen MR) is 50.2 cm³/mol. The van der Waals surface area contributed by atoms with Gasteiger partial charge < -0.3 is 16.8 Å². The lowest BCUT2D eigenvalue weighted by Crippen LogP contribution is -2.34. The van der Waals surface area contributed by atoms with Crippen molar-refractivity contribution in [2.24, 2.45) is 11.5 Å². The van der Waals surface area contributed by atoms with Crippen molar-refractivity contribution in [3.8, 4) is 0 Å². The normalized spacial score (nSPS) is 23.8. The third-order valence-corrected chi connectivity index (χ3v) is 1.95. The van der Waals surface area contributed by atoms with Gasteiger partial charge in [0.15, 0.2) is 0 Å². The van der Waals surface area contributed by atoms with Gasteiger partial charge in [0.25, 0.3) is 0 Å². The SMILES string of the molecule is C=C(N)[C@@H](CS)NC1=C[C@@H]1N. The second kappa shape index (κ2) is 3.19. The van der Waals surface area contributed by atoms with Crippen LogP contribution in [0.5, 0.6) is 0 Å². The van der Waals surface area contributed by atoms with E-state index in [1.807, 2.05) is 6.08 Å². The van der Waals surface area contributed by atoms with E-state index in [9.17, 15) is 0 Å². The molecular formula is C7H13N3S. The average molecular weight is 171 g/mol. The molecule has 4 heteroatoms. The van der Waals surface area contributed by atoms with Crippen LogP contribution in [0.25, 0.3) is 0 Å². The highest BCUT2D eigenvalue weighted by Gasteiger charge is 2.22. The van der Waals surface area contributed by atoms with Crippen LogP contribution in [0, 0.1) is 0 Å². The van der Waals surface area contributed by atoms with Crippen LogP contribution in [0.2, 0.25) is 0 Å². The van der Waals surface area contributed by atoms with Gasteiger partial charge in [-0.1, -0.05) is 6.58 Å². The molecule has 0 radical (unpaired) electrons. The van der Waals surface area contributed by atoms with Crippen LogP contribution in [-0.4, -0.2) is 17.8 Å². The maximum absolute atomic E-state index is 5.52. The monoisotopic (exact) mass is 171 g/mol. The minimum absolute atomic E-state index is 0.0399. The molecular weight excluding hydrogens is 158 g/mol. The molecule has 5 N–H and O–H groups in total. The summed E-state index contributed by atoms with van der Waals surface area (Å²) in [6, 6.07) is 0.134. The van der Waals surface area contributed by atoms with E-state index in [2.05, 4.69) is 24.5 Å². The van der Waals surface area contributed by atoms with Crippen molar-refractivity contribution in [1.82, 2.24) is 5.32 Å². The quantitative estimate of drug-likeness (QED) is 0.434. The third kappa shape index (κ3) is 2.17. The van der Waals surface area contributed by atoms with Gasteiger partial charge in [0.1, 0.15) is 0 Å². The van der Waals surface area contributed by atoms with Crippen molar-refractivity contribution in [2.45, 2.75) is 12.1 Å². The van der Waals surface area contributed by atoms with Crippen LogP contribution in [0.15, 0.2) is 24.0 Å². The second-order valence-corrected chi connectivity index (χ2v) is 2.97. The van der Waals surface area contributed by atoms with E-state index >= 15 is 0 Å². The summed E-state index contributed by atoms with van der Waals surface area (Å²) >= 11 is 4.12. The van der Waals surface area contributed by atoms with Crippen LogP contribution in [0.1, 0.15) is 0 Å². The molecule has 0 saturated heterocycles. The molecule has 0 aromatic rings. The summed E-state index contributed by atoms with van der Waals surface area (Å²) in [5.41, 5.74) is 12.6. The molecule has 0 saturated carbocycles. The fourth-order valence-electron chi connectivity index (χ4n) is 0.746. The first-order chi connectivity index (χ1) is 5.15. The van der Waals surface area contributed by atoms with Crippen molar-refractivity contribution >= 4 is 12.6 Å². The third-order valence-electron chi connectivity index (χ3n) is 1.58. The molecule has 3 nitrogen and oxygen atoms in total. The Balaban J connectivity index is 2.33. The number of hydrogen-bond acceptors (Lipinski definition) is 4. The Morgan fingerprint density at radius 3 is 2.73 bits per heavy atom. The van der Waals surface area contributed by atoms with E-state index in [0.717, 1.165) is 5.70 Å². The standard InChI is InChI=1S/C7H13N3S/c1-4(8)7(3-11)10-6-2-5(6)9/h2,5,7,10-11H,1,3,8-9H2/t5-,7+/m0/s1. The van der Waals surface area contributed by atoms with Gasteiger partial charge in [0.2, 0.25) is 0 Å². The summed E-state index contributed by atoms with van der Waals surface area (Å²) in [7, 11) is 0. The summed E-state index contributed by atoms with van der Waals surface area (Å²) < 4.78 is 0. The largest absolute Gasteiger partial charge is 0.401 e. The van der Waals surface area contributed by atoms with Gasteiger partial charge >= 0.3 is 0 Å². The first-order valence-corrected chi connectivity index (χ1v) is 4.07. The van der Waals surface area contributed by atoms with Crippen molar-refractivity contribution in [1.29, 1.82) is 0 Å². The molecule has 0 aromatic carbocycles. The van der Waals surface area contributed by atoms with Gasteiger partial charge in [-0.05, 0) is 6.08 Å². The lowest BCUT2D eigenvalue weighted by molar-refractivity contribution is 0.701. The Morgan fingerprint density at radius 2 is 2.45 bits per heavy atom. The number of nitrogens with two attached hydrogens (primary N) is 2. The van der Waals surface area contributed by atoms with E-state index in [4.69, 9.17) is 11.5 Å². The zero-order chi connectivity index (χ0) is 8.43. The molecule has 0 unspecified atom stereocenters. The summed E-state index contributed by atoms with van der Waals surface area (Å²) in [6.45, 7) is 3.63. The summed E-state index contributed by atoms with van der Waals surface area (Å²) in [5, 5.41) is 3.12. The van der Waals surface area contributed by atoms with Crippen LogP contribution < -0.4 is 16.8 Å². The zero-order valence-electron chi connectivity index (χ0n) is 6.25. The van der Waals surface area contributed by atoms with Gasteiger partial charge in [0.05, 0.1) is 12.1 Å². The number of thiol groups is 1. The molecule has 2 atom stereocenters. The van der Waals surface area contributed by atoms with Crippen molar-refractivity contribution in [3.63, 3.8) is 0 Å². The molecule has 0 aromatic heterocycles. The van der Waals surface area contributed by atoms with E-state index in [1.54, 1.807) is 0 Å². The van der Waals surface area contributed by atoms with Gasteiger partial charge in [-0.3, -0.25) is 0 Å². The van der Waals surface area contributed by atoms with Gasteiger partial charge in [-0.15, -0.1) is 0 Å². The molecule has 1 aliphatic carbocycles. The van der Waals surface area contributed by atoms with Crippen LogP contribution in [-0.2, 0) is 0 Å². The van der Waals surface area contributed by atoms with Crippen LogP contribution in [0.3, 0.4) is 0 Å². The molecule has 0 bridgehead atoms. The van der Waals surface area contributed by atoms with Crippen LogP contribution >= 0.6 is 12.6 Å². The minimum atomic E-state index is 0.0399. The first-order valence-electron chi connectivity index (χ1n) is 3.44. The Kier molecular flexibility index (Phi) is 2.46. The Bertz CT molecular complexity index is 200. The van der Waals surface area contributed by atoms with E-state index in [-0.39, 0.29) is 12.1 Å². The smallest absolute Gasteiger partial charge is 0.0737 e. The molecule has 1 rings (SSSR count). The molecule has 0 aliphatic heterocycles. The van der Waals surface area contributed by atoms with Gasteiger partial charge in [-0.2, -0.15) is 12.6 Å². The lowest BCUT2D eigenvalue weighted by Gasteiger charge is -2.15. The summed E-state index contributed by atoms with van der Waals surface area (Å²) in [4.78, 5) is 0. The molecule has 1 aliphatic rings. The maximum Gasteiger partial charge on any atom is 0.0737 e. The van der Waals surface area contributed by atoms with Crippen molar-refractivity contribution in [2.75, 3.05) is 5.75 Å². The van der Waals surface area contributed by atoms with E-state index < -0.39 is 0 Å². The summed E-state index contributed by atoms with van der Waals surface area (Å²) in [6.07, 6.45) is 1.93. The van der Waals surface area contributed by atoms with Crippen molar-refractivity contribution in [3.05, 3.63) is 24.0 Å². The van der Waals surface area contributed by atoms with Crippen molar-refractivity contribution < 1.29 is 0 Å². The fraction of sp³-hybridized carbons (Fsp3) is 0.429. The fourth-order valence-corrected chi connectivity index (χ4v) is 1.07. The van der Waals surface area contributed by atoms with Crippen LogP contribution in [0.4, 0.5) is 0 Å². The first kappa shape index (κ1) is 8.49. The summed E-state index contributed by atoms with van der Waals surface area (Å²) in [5.74, 6) is 0.638. The van der Waals surface area contributed by atoms with Gasteiger partial charge in [-0.25, -0.2) is 0 Å². The topological polar surface area (TPSA) is 64.1 Å². The lowest BCUT2D eigenvalue weighted by atomic mass is 10.3. The molecule has 0 fully saturated rings. The average Bonchev–Trinajstić information content (AvgIpc) is 2.61. The number of hydrogen-bond donors (Lipinski definition) is 4. The zero-order valence-corrected chi connectivity index (χ0v) is 7.14. The second-order valence-electron chi connectivity index (χ2n) is 2.60. The molecule has 11 heavy (non-hydrogen) atoms. The highest BCUT2D eigenvalue weighted by atomic mass is 32.1. The van der Waals surface area contributed by atoms with E-state index in [1.165, 1.54) is 0 Å². The Hall–Kier alpha value is -0.610. The number of nitrogens with one attached hydrogen (secondary N) is 1. The molecule has 0 amide bonds. The van der Waals surface area contributed by atoms with Gasteiger partial charge in [0, 0.05) is 17.1 Å². The molecule has 0 heterocycles. The molecule has 62 valence electrons. The predicted octanol–water partition coefficient (Wildman–Crippen LogP) is -0.428. The van der Waals surface area contributed by atoms with E-state index in [0.29, 0.717) is 11.4 Å². The Labute approximate surface area is 71.9 Å². The highest BCUT2D eigenvalue weighted by molar-refractivity contribution is 7.80.